The van der Waals surface area contributed by atoms with E-state index in [4.69, 9.17) is 5.84 Å². The molecule has 0 spiro atoms. The fraction of sp³-hybridized carbons (Fsp3) is 0. The summed E-state index contributed by atoms with van der Waals surface area (Å²) >= 11 is 1.29. The number of nitrogens with zero attached hydrogens (tertiary/aromatic N) is 3. The maximum absolute atomic E-state index is 11.1. The second kappa shape index (κ2) is 4.11. The van der Waals surface area contributed by atoms with E-state index in [1.54, 1.807) is 23.8 Å². The van der Waals surface area contributed by atoms with E-state index in [-0.39, 0.29) is 5.69 Å². The number of aromatic nitrogens is 3. The molecule has 3 N–H and O–H groups in total. The molecule has 0 bridgehead atoms. The lowest BCUT2D eigenvalue weighted by molar-refractivity contribution is 0.0949. The third-order valence-electron chi connectivity index (χ3n) is 1.62. The Labute approximate surface area is 89.2 Å². The Kier molecular flexibility index (Phi) is 2.66. The Bertz CT molecular complexity index is 469. The van der Waals surface area contributed by atoms with Crippen molar-refractivity contribution < 1.29 is 4.79 Å². The molecule has 7 heteroatoms. The van der Waals surface area contributed by atoms with Crippen molar-refractivity contribution in [1.29, 1.82) is 0 Å². The quantitative estimate of drug-likeness (QED) is 0.429. The average Bonchev–Trinajstić information content (AvgIpc) is 2.78. The molecule has 0 aliphatic rings. The zero-order valence-corrected chi connectivity index (χ0v) is 8.36. The molecule has 2 rings (SSSR count). The third kappa shape index (κ3) is 1.97. The second-order valence-corrected chi connectivity index (χ2v) is 3.44. The molecular weight excluding hydrogens is 214 g/mol. The fourth-order valence-corrected chi connectivity index (χ4v) is 1.71. The second-order valence-electron chi connectivity index (χ2n) is 2.58. The van der Waals surface area contributed by atoms with Crippen LogP contribution in [0, 0.1) is 0 Å². The summed E-state index contributed by atoms with van der Waals surface area (Å²) in [6.45, 7) is 0. The van der Waals surface area contributed by atoms with Gasteiger partial charge in [-0.1, -0.05) is 0 Å². The molecule has 0 saturated heterocycles. The van der Waals surface area contributed by atoms with Gasteiger partial charge < -0.3 is 0 Å². The maximum atomic E-state index is 11.1. The zero-order chi connectivity index (χ0) is 10.7. The van der Waals surface area contributed by atoms with Gasteiger partial charge in [0.25, 0.3) is 5.91 Å². The Balaban J connectivity index is 2.32. The molecule has 2 aromatic heterocycles. The molecule has 2 aromatic rings. The SMILES string of the molecule is NNC(=O)c1csc(-c2ncccn2)n1. The van der Waals surface area contributed by atoms with Crippen molar-refractivity contribution in [2.24, 2.45) is 5.84 Å². The first kappa shape index (κ1) is 9.69. The van der Waals surface area contributed by atoms with Crippen LogP contribution in [0.1, 0.15) is 10.5 Å². The average molecular weight is 221 g/mol. The van der Waals surface area contributed by atoms with Crippen LogP contribution in [0.3, 0.4) is 0 Å². The first-order valence-electron chi connectivity index (χ1n) is 4.05. The first-order valence-corrected chi connectivity index (χ1v) is 4.93. The molecule has 0 aromatic carbocycles. The van der Waals surface area contributed by atoms with Crippen molar-refractivity contribution >= 4 is 17.2 Å². The number of hydrogen-bond donors (Lipinski definition) is 2. The predicted octanol–water partition coefficient (Wildman–Crippen LogP) is 0.204. The highest BCUT2D eigenvalue weighted by molar-refractivity contribution is 7.13. The van der Waals surface area contributed by atoms with Gasteiger partial charge in [0.15, 0.2) is 10.8 Å². The van der Waals surface area contributed by atoms with E-state index in [1.165, 1.54) is 11.3 Å². The number of thiazole rings is 1. The Morgan fingerprint density at radius 3 is 2.80 bits per heavy atom. The van der Waals surface area contributed by atoms with Crippen LogP contribution in [0.25, 0.3) is 10.8 Å². The van der Waals surface area contributed by atoms with Crippen LogP contribution in [0.4, 0.5) is 0 Å². The minimum atomic E-state index is -0.423. The van der Waals surface area contributed by atoms with Crippen LogP contribution in [0.2, 0.25) is 0 Å². The molecule has 0 aliphatic carbocycles. The Hall–Kier alpha value is -1.86. The highest BCUT2D eigenvalue weighted by Crippen LogP contribution is 2.19. The summed E-state index contributed by atoms with van der Waals surface area (Å²) in [4.78, 5) is 23.2. The lowest BCUT2D eigenvalue weighted by atomic mass is 10.5. The molecule has 0 radical (unpaired) electrons. The van der Waals surface area contributed by atoms with Gasteiger partial charge in [-0.15, -0.1) is 11.3 Å². The van der Waals surface area contributed by atoms with Crippen LogP contribution < -0.4 is 11.3 Å². The molecule has 76 valence electrons. The van der Waals surface area contributed by atoms with E-state index >= 15 is 0 Å². The van der Waals surface area contributed by atoms with Crippen LogP contribution in [-0.2, 0) is 0 Å². The predicted molar refractivity (Wildman–Crippen MR) is 54.8 cm³/mol. The van der Waals surface area contributed by atoms with E-state index < -0.39 is 5.91 Å². The summed E-state index contributed by atoms with van der Waals surface area (Å²) in [6.07, 6.45) is 3.23. The highest BCUT2D eigenvalue weighted by atomic mass is 32.1. The van der Waals surface area contributed by atoms with E-state index in [0.717, 1.165) is 0 Å². The number of carbonyl (C=O) groups excluding carboxylic acids is 1. The Morgan fingerprint density at radius 2 is 2.13 bits per heavy atom. The number of nitrogens with one attached hydrogen (secondary N) is 1. The van der Waals surface area contributed by atoms with E-state index in [2.05, 4.69) is 15.0 Å². The van der Waals surface area contributed by atoms with Crippen molar-refractivity contribution in [3.8, 4) is 10.8 Å². The minimum absolute atomic E-state index is 0.268. The number of nitrogens with two attached hydrogens (primary N) is 1. The fourth-order valence-electron chi connectivity index (χ4n) is 0.964. The summed E-state index contributed by atoms with van der Waals surface area (Å²) in [5, 5.41) is 2.20. The molecule has 0 fully saturated rings. The van der Waals surface area contributed by atoms with Gasteiger partial charge in [-0.05, 0) is 6.07 Å². The van der Waals surface area contributed by atoms with Gasteiger partial charge in [0.1, 0.15) is 5.69 Å². The number of rotatable bonds is 2. The van der Waals surface area contributed by atoms with Crippen LogP contribution >= 0.6 is 11.3 Å². The van der Waals surface area contributed by atoms with Crippen molar-refractivity contribution in [3.05, 3.63) is 29.5 Å². The molecule has 0 aliphatic heterocycles. The largest absolute Gasteiger partial charge is 0.289 e. The highest BCUT2D eigenvalue weighted by Gasteiger charge is 2.11. The summed E-state index contributed by atoms with van der Waals surface area (Å²) in [6, 6.07) is 1.71. The van der Waals surface area contributed by atoms with Gasteiger partial charge in [0.05, 0.1) is 0 Å². The van der Waals surface area contributed by atoms with Crippen LogP contribution in [-0.4, -0.2) is 20.9 Å². The van der Waals surface area contributed by atoms with Crippen LogP contribution in [0.5, 0.6) is 0 Å². The summed E-state index contributed by atoms with van der Waals surface area (Å²) in [5.41, 5.74) is 2.28. The van der Waals surface area contributed by atoms with Crippen molar-refractivity contribution in [2.45, 2.75) is 0 Å². The third-order valence-corrected chi connectivity index (χ3v) is 2.46. The zero-order valence-electron chi connectivity index (χ0n) is 7.54. The standard InChI is InChI=1S/C8H7N5OS/c9-13-7(14)5-4-15-8(12-5)6-10-2-1-3-11-6/h1-4H,9H2,(H,13,14). The van der Waals surface area contributed by atoms with Crippen LogP contribution in [0.15, 0.2) is 23.8 Å². The molecule has 2 heterocycles. The Morgan fingerprint density at radius 1 is 1.40 bits per heavy atom. The van der Waals surface area contributed by atoms with Gasteiger partial charge >= 0.3 is 0 Å². The van der Waals surface area contributed by atoms with Gasteiger partial charge in [0.2, 0.25) is 0 Å². The van der Waals surface area contributed by atoms with Crippen molar-refractivity contribution in [3.63, 3.8) is 0 Å². The number of amides is 1. The van der Waals surface area contributed by atoms with Gasteiger partial charge in [-0.3, -0.25) is 10.2 Å². The monoisotopic (exact) mass is 221 g/mol. The number of hydrazine groups is 1. The van der Waals surface area contributed by atoms with E-state index in [9.17, 15) is 4.79 Å². The van der Waals surface area contributed by atoms with Gasteiger partial charge in [-0.25, -0.2) is 20.8 Å². The number of hydrogen-bond acceptors (Lipinski definition) is 6. The molecule has 0 atom stereocenters. The molecule has 15 heavy (non-hydrogen) atoms. The number of carbonyl (C=O) groups is 1. The minimum Gasteiger partial charge on any atom is -0.289 e. The molecule has 6 nitrogen and oxygen atoms in total. The summed E-state index contributed by atoms with van der Waals surface area (Å²) < 4.78 is 0. The van der Waals surface area contributed by atoms with E-state index in [0.29, 0.717) is 10.8 Å². The lowest BCUT2D eigenvalue weighted by Gasteiger charge is -1.93. The van der Waals surface area contributed by atoms with Crippen molar-refractivity contribution in [2.75, 3.05) is 0 Å². The number of nitrogen functional groups attached to an aromatic ring is 1. The van der Waals surface area contributed by atoms with Gasteiger partial charge in [-0.2, -0.15) is 0 Å². The molecule has 1 amide bonds. The first-order chi connectivity index (χ1) is 7.31. The smallest absolute Gasteiger partial charge is 0.284 e. The molecule has 0 saturated carbocycles. The van der Waals surface area contributed by atoms with E-state index in [1.807, 2.05) is 5.43 Å². The van der Waals surface area contributed by atoms with Gasteiger partial charge in [0, 0.05) is 17.8 Å². The summed E-state index contributed by atoms with van der Waals surface area (Å²) in [7, 11) is 0. The maximum Gasteiger partial charge on any atom is 0.284 e. The normalized spacial score (nSPS) is 9.93. The summed E-state index contributed by atoms with van der Waals surface area (Å²) in [5.74, 6) is 5.06. The molecular formula is C8H7N5OS. The lowest BCUT2D eigenvalue weighted by Crippen LogP contribution is -2.30. The van der Waals surface area contributed by atoms with Crippen molar-refractivity contribution in [1.82, 2.24) is 20.4 Å². The topological polar surface area (TPSA) is 93.8 Å². The molecule has 0 unspecified atom stereocenters.